The predicted octanol–water partition coefficient (Wildman–Crippen LogP) is 6.01. The van der Waals surface area contributed by atoms with Crippen molar-refractivity contribution in [2.45, 2.75) is 0 Å². The van der Waals surface area contributed by atoms with Gasteiger partial charge in [0, 0.05) is 10.0 Å². The van der Waals surface area contributed by atoms with Gasteiger partial charge in [0.05, 0.1) is 5.57 Å². The Morgan fingerprint density at radius 1 is 0.885 bits per heavy atom. The van der Waals surface area contributed by atoms with Crippen molar-refractivity contribution in [3.8, 4) is 0 Å². The van der Waals surface area contributed by atoms with Gasteiger partial charge in [-0.15, -0.1) is 0 Å². The molecule has 4 heteroatoms. The van der Waals surface area contributed by atoms with Crippen LogP contribution in [0.15, 0.2) is 87.8 Å². The summed E-state index contributed by atoms with van der Waals surface area (Å²) in [6, 6.07) is 24.4. The van der Waals surface area contributed by atoms with E-state index in [-0.39, 0.29) is 5.78 Å². The maximum Gasteiger partial charge on any atom is 0.231 e. The van der Waals surface area contributed by atoms with E-state index in [0.717, 1.165) is 15.6 Å². The first-order valence-corrected chi connectivity index (χ1v) is 8.93. The molecule has 0 unspecified atom stereocenters. The largest absolute Gasteiger partial charge is 0.436 e. The Balaban J connectivity index is 1.85. The molecule has 26 heavy (non-hydrogen) atoms. The van der Waals surface area contributed by atoms with Gasteiger partial charge in [0.15, 0.2) is 11.4 Å². The van der Waals surface area contributed by atoms with Gasteiger partial charge in [-0.3, -0.25) is 4.79 Å². The molecule has 3 nitrogen and oxygen atoms in total. The quantitative estimate of drug-likeness (QED) is 0.309. The van der Waals surface area contributed by atoms with Crippen LogP contribution in [-0.2, 0) is 0 Å². The maximum atomic E-state index is 13.1. The van der Waals surface area contributed by atoms with E-state index in [0.29, 0.717) is 22.6 Å². The lowest BCUT2D eigenvalue weighted by molar-refractivity contribution is 0.105. The smallest absolute Gasteiger partial charge is 0.231 e. The SMILES string of the molecule is O=C(/C(=C\c1ccc(Br)cc1)c1nc2ccccc2o1)c1ccccc1. The molecule has 4 rings (SSSR count). The lowest BCUT2D eigenvalue weighted by Gasteiger charge is -2.04. The summed E-state index contributed by atoms with van der Waals surface area (Å²) in [5.41, 5.74) is 3.30. The number of benzene rings is 3. The molecule has 0 saturated carbocycles. The third-order valence-corrected chi connectivity index (χ3v) is 4.51. The average molecular weight is 404 g/mol. The molecule has 0 amide bonds. The lowest BCUT2D eigenvalue weighted by atomic mass is 10.0. The molecular weight excluding hydrogens is 390 g/mol. The van der Waals surface area contributed by atoms with Gasteiger partial charge in [-0.05, 0) is 35.9 Å². The van der Waals surface area contributed by atoms with Gasteiger partial charge in [-0.2, -0.15) is 0 Å². The standard InChI is InChI=1S/C22H14BrNO2/c23-17-12-10-15(11-13-17)14-18(21(25)16-6-2-1-3-7-16)22-24-19-8-4-5-9-20(19)26-22/h1-14H/b18-14+. The summed E-state index contributed by atoms with van der Waals surface area (Å²) in [4.78, 5) is 17.6. The first-order valence-electron chi connectivity index (χ1n) is 8.14. The Morgan fingerprint density at radius 3 is 2.31 bits per heavy atom. The summed E-state index contributed by atoms with van der Waals surface area (Å²) in [7, 11) is 0. The Labute approximate surface area is 159 Å². The van der Waals surface area contributed by atoms with Crippen LogP contribution in [0, 0.1) is 0 Å². The first kappa shape index (κ1) is 16.5. The van der Waals surface area contributed by atoms with Crippen molar-refractivity contribution >= 4 is 44.5 Å². The van der Waals surface area contributed by atoms with Crippen LogP contribution in [-0.4, -0.2) is 10.8 Å². The number of hydrogen-bond donors (Lipinski definition) is 0. The monoisotopic (exact) mass is 403 g/mol. The zero-order valence-electron chi connectivity index (χ0n) is 13.7. The predicted molar refractivity (Wildman–Crippen MR) is 107 cm³/mol. The van der Waals surface area contributed by atoms with Crippen LogP contribution in [0.4, 0.5) is 0 Å². The molecule has 3 aromatic carbocycles. The van der Waals surface area contributed by atoms with Crippen molar-refractivity contribution in [1.82, 2.24) is 4.98 Å². The second kappa shape index (κ2) is 7.10. The number of carbonyl (C=O) groups is 1. The number of rotatable bonds is 4. The minimum Gasteiger partial charge on any atom is -0.436 e. The van der Waals surface area contributed by atoms with Gasteiger partial charge in [0.1, 0.15) is 5.52 Å². The fourth-order valence-electron chi connectivity index (χ4n) is 2.68. The molecule has 0 N–H and O–H groups in total. The molecule has 0 aliphatic heterocycles. The van der Waals surface area contributed by atoms with E-state index in [1.54, 1.807) is 12.1 Å². The number of aromatic nitrogens is 1. The normalized spacial score (nSPS) is 11.7. The molecule has 0 bridgehead atoms. The van der Waals surface area contributed by atoms with Gasteiger partial charge >= 0.3 is 0 Å². The van der Waals surface area contributed by atoms with E-state index in [1.807, 2.05) is 72.8 Å². The number of oxazole rings is 1. The molecule has 0 fully saturated rings. The number of halogens is 1. The van der Waals surface area contributed by atoms with E-state index in [9.17, 15) is 4.79 Å². The third kappa shape index (κ3) is 3.37. The lowest BCUT2D eigenvalue weighted by Crippen LogP contribution is -2.03. The van der Waals surface area contributed by atoms with Crippen LogP contribution in [0.3, 0.4) is 0 Å². The zero-order valence-corrected chi connectivity index (χ0v) is 15.3. The molecular formula is C22H14BrNO2. The Bertz CT molecular complexity index is 1060. The summed E-state index contributed by atoms with van der Waals surface area (Å²) in [6.45, 7) is 0. The molecule has 0 saturated heterocycles. The first-order chi connectivity index (χ1) is 12.7. The number of nitrogens with zero attached hydrogens (tertiary/aromatic N) is 1. The van der Waals surface area contributed by atoms with Crippen LogP contribution in [0.25, 0.3) is 22.7 Å². The zero-order chi connectivity index (χ0) is 17.9. The molecule has 0 radical (unpaired) electrons. The van der Waals surface area contributed by atoms with E-state index in [2.05, 4.69) is 20.9 Å². The average Bonchev–Trinajstić information content (AvgIpc) is 3.11. The van der Waals surface area contributed by atoms with Crippen LogP contribution >= 0.6 is 15.9 Å². The van der Waals surface area contributed by atoms with Crippen molar-refractivity contribution in [3.63, 3.8) is 0 Å². The van der Waals surface area contributed by atoms with Crippen molar-refractivity contribution in [2.24, 2.45) is 0 Å². The molecule has 4 aromatic rings. The summed E-state index contributed by atoms with van der Waals surface area (Å²) < 4.78 is 6.84. The molecule has 0 aliphatic carbocycles. The number of para-hydroxylation sites is 2. The second-order valence-corrected chi connectivity index (χ2v) is 6.71. The topological polar surface area (TPSA) is 43.1 Å². The van der Waals surface area contributed by atoms with Crippen LogP contribution in [0.2, 0.25) is 0 Å². The number of hydrogen-bond acceptors (Lipinski definition) is 3. The molecule has 1 heterocycles. The van der Waals surface area contributed by atoms with Crippen molar-refractivity contribution in [1.29, 1.82) is 0 Å². The van der Waals surface area contributed by atoms with Gasteiger partial charge < -0.3 is 4.42 Å². The minimum atomic E-state index is -0.125. The number of carbonyl (C=O) groups excluding carboxylic acids is 1. The number of fused-ring (bicyclic) bond motifs is 1. The van der Waals surface area contributed by atoms with Gasteiger partial charge in [0.25, 0.3) is 0 Å². The second-order valence-electron chi connectivity index (χ2n) is 5.79. The maximum absolute atomic E-state index is 13.1. The number of Topliss-reactive ketones (excluding diaryl/α,β-unsaturated/α-hetero) is 1. The van der Waals surface area contributed by atoms with E-state index in [1.165, 1.54) is 0 Å². The van der Waals surface area contributed by atoms with Crippen molar-refractivity contribution in [3.05, 3.63) is 100 Å². The van der Waals surface area contributed by atoms with Crippen molar-refractivity contribution < 1.29 is 9.21 Å². The fourth-order valence-corrected chi connectivity index (χ4v) is 2.95. The van der Waals surface area contributed by atoms with E-state index in [4.69, 9.17) is 4.42 Å². The van der Waals surface area contributed by atoms with Gasteiger partial charge in [-0.1, -0.05) is 70.5 Å². The molecule has 126 valence electrons. The summed E-state index contributed by atoms with van der Waals surface area (Å²) in [5.74, 6) is 0.197. The Hall–Kier alpha value is -2.98. The molecule has 0 aliphatic rings. The highest BCUT2D eigenvalue weighted by Crippen LogP contribution is 2.26. The van der Waals surface area contributed by atoms with Crippen LogP contribution in [0.5, 0.6) is 0 Å². The van der Waals surface area contributed by atoms with E-state index < -0.39 is 0 Å². The van der Waals surface area contributed by atoms with Crippen LogP contribution in [0.1, 0.15) is 21.8 Å². The molecule has 0 spiro atoms. The van der Waals surface area contributed by atoms with Gasteiger partial charge in [-0.25, -0.2) is 4.98 Å². The molecule has 1 aromatic heterocycles. The van der Waals surface area contributed by atoms with Crippen LogP contribution < -0.4 is 0 Å². The summed E-state index contributed by atoms with van der Waals surface area (Å²) in [5, 5.41) is 0. The third-order valence-electron chi connectivity index (χ3n) is 3.99. The summed E-state index contributed by atoms with van der Waals surface area (Å²) >= 11 is 3.43. The van der Waals surface area contributed by atoms with Crippen molar-refractivity contribution in [2.75, 3.05) is 0 Å². The molecule has 0 atom stereocenters. The van der Waals surface area contributed by atoms with Gasteiger partial charge in [0.2, 0.25) is 5.89 Å². The summed E-state index contributed by atoms with van der Waals surface area (Å²) in [6.07, 6.45) is 1.81. The van der Waals surface area contributed by atoms with E-state index >= 15 is 0 Å². The number of ketones is 1. The Morgan fingerprint density at radius 2 is 1.58 bits per heavy atom. The minimum absolute atomic E-state index is 0.125. The highest BCUT2D eigenvalue weighted by molar-refractivity contribution is 9.10. The Kier molecular flexibility index (Phi) is 4.50. The highest BCUT2D eigenvalue weighted by Gasteiger charge is 2.20. The fraction of sp³-hybridized carbons (Fsp3) is 0. The number of allylic oxidation sites excluding steroid dienone is 1. The highest BCUT2D eigenvalue weighted by atomic mass is 79.9.